The minimum absolute atomic E-state index is 0. The van der Waals surface area contributed by atoms with Gasteiger partial charge in [0.05, 0.1) is 0 Å². The molecular weight excluding hydrogens is 306 g/mol. The van der Waals surface area contributed by atoms with Gasteiger partial charge in [-0.3, -0.25) is 0 Å². The Kier molecular flexibility index (Phi) is 6.00. The molecule has 0 amide bonds. The molecule has 0 spiro atoms. The molecule has 0 heterocycles. The number of benzene rings is 1. The minimum Gasteiger partial charge on any atom is -0.445 e. The molecule has 0 N–H and O–H groups in total. The second kappa shape index (κ2) is 5.35. The van der Waals surface area contributed by atoms with Crippen molar-refractivity contribution < 1.29 is 64.3 Å². The topological polar surface area (TPSA) is 0 Å². The van der Waals surface area contributed by atoms with E-state index in [2.05, 4.69) is 0 Å². The minimum atomic E-state index is -4.83. The van der Waals surface area contributed by atoms with E-state index in [9.17, 15) is 12.9 Å². The van der Waals surface area contributed by atoms with Gasteiger partial charge in [0.25, 0.3) is 0 Å². The van der Waals surface area contributed by atoms with Gasteiger partial charge in [-0.05, 0) is 28.7 Å². The molecule has 1 aromatic carbocycles. The van der Waals surface area contributed by atoms with Crippen LogP contribution in [0, 0.1) is 3.57 Å². The van der Waals surface area contributed by atoms with Gasteiger partial charge in [0.2, 0.25) is 0 Å². The summed E-state index contributed by atoms with van der Waals surface area (Å²) < 4.78 is 36.7. The molecule has 60 valence electrons. The quantitative estimate of drug-likeness (QED) is 0.478. The third-order valence-electron chi connectivity index (χ3n) is 1.23. The molecule has 0 atom stereocenters. The standard InChI is InChI=1S/C6H4BF3I.K/c8-7(9,10)5-2-1-3-6(11)4-5;/h1-4H;/q-1;+1. The van der Waals surface area contributed by atoms with Crippen LogP contribution in [0.1, 0.15) is 0 Å². The van der Waals surface area contributed by atoms with Gasteiger partial charge >= 0.3 is 58.4 Å². The van der Waals surface area contributed by atoms with Gasteiger partial charge in [-0.2, -0.15) is 0 Å². The van der Waals surface area contributed by atoms with Crippen LogP contribution in [0.3, 0.4) is 0 Å². The van der Waals surface area contributed by atoms with E-state index in [0.717, 1.165) is 12.1 Å². The Hall–Kier alpha value is 1.44. The van der Waals surface area contributed by atoms with Crippen molar-refractivity contribution in [2.45, 2.75) is 0 Å². The second-order valence-electron chi connectivity index (χ2n) is 2.13. The summed E-state index contributed by atoms with van der Waals surface area (Å²) in [7, 11) is 0. The molecule has 0 aliphatic heterocycles. The number of rotatable bonds is 1. The first-order valence-electron chi connectivity index (χ1n) is 2.95. The van der Waals surface area contributed by atoms with E-state index in [-0.39, 0.29) is 51.4 Å². The van der Waals surface area contributed by atoms with Crippen molar-refractivity contribution in [2.24, 2.45) is 0 Å². The van der Waals surface area contributed by atoms with Gasteiger partial charge in [-0.25, -0.2) is 0 Å². The van der Waals surface area contributed by atoms with E-state index < -0.39 is 12.4 Å². The Morgan fingerprint density at radius 1 is 1.17 bits per heavy atom. The fourth-order valence-corrected chi connectivity index (χ4v) is 1.28. The first-order valence-corrected chi connectivity index (χ1v) is 4.03. The van der Waals surface area contributed by atoms with Crippen LogP contribution in [0.2, 0.25) is 0 Å². The third kappa shape index (κ3) is 4.10. The molecule has 0 aliphatic carbocycles. The smallest absolute Gasteiger partial charge is 0.445 e. The first-order chi connectivity index (χ1) is 5.00. The predicted octanol–water partition coefficient (Wildman–Crippen LogP) is -0.650. The van der Waals surface area contributed by atoms with Crippen LogP contribution in [0.5, 0.6) is 0 Å². The van der Waals surface area contributed by atoms with Gasteiger partial charge < -0.3 is 12.9 Å². The molecule has 12 heavy (non-hydrogen) atoms. The average molecular weight is 310 g/mol. The summed E-state index contributed by atoms with van der Waals surface area (Å²) in [4.78, 5) is 0. The summed E-state index contributed by atoms with van der Waals surface area (Å²) in [5.74, 6) is 0. The second-order valence-corrected chi connectivity index (χ2v) is 3.38. The van der Waals surface area contributed by atoms with Gasteiger partial charge in [0.15, 0.2) is 0 Å². The SMILES string of the molecule is F[B-](F)(F)c1cccc(I)c1.[K+]. The van der Waals surface area contributed by atoms with Gasteiger partial charge in [0, 0.05) is 3.57 Å². The Morgan fingerprint density at radius 2 is 1.75 bits per heavy atom. The number of hydrogen-bond donors (Lipinski definition) is 0. The molecule has 0 radical (unpaired) electrons. The van der Waals surface area contributed by atoms with E-state index in [1.165, 1.54) is 6.07 Å². The van der Waals surface area contributed by atoms with Crippen LogP contribution in [0.25, 0.3) is 0 Å². The molecule has 1 rings (SSSR count). The van der Waals surface area contributed by atoms with Gasteiger partial charge in [0.1, 0.15) is 0 Å². The largest absolute Gasteiger partial charge is 1.00 e. The fourth-order valence-electron chi connectivity index (χ4n) is 0.710. The zero-order chi connectivity index (χ0) is 8.48. The van der Waals surface area contributed by atoms with E-state index in [0.29, 0.717) is 3.57 Å². The van der Waals surface area contributed by atoms with E-state index in [1.807, 2.05) is 22.6 Å². The summed E-state index contributed by atoms with van der Waals surface area (Å²) in [5.41, 5.74) is -0.531. The monoisotopic (exact) mass is 310 g/mol. The molecule has 0 unspecified atom stereocenters. The first kappa shape index (κ1) is 13.4. The maximum atomic E-state index is 12.0. The third-order valence-corrected chi connectivity index (χ3v) is 1.90. The molecule has 0 aromatic heterocycles. The van der Waals surface area contributed by atoms with Crippen LogP contribution in [0.4, 0.5) is 12.9 Å². The predicted molar refractivity (Wildman–Crippen MR) is 47.9 cm³/mol. The van der Waals surface area contributed by atoms with E-state index in [1.54, 1.807) is 6.07 Å². The summed E-state index contributed by atoms with van der Waals surface area (Å²) in [5, 5.41) is 0. The zero-order valence-corrected chi connectivity index (χ0v) is 11.7. The summed E-state index contributed by atoms with van der Waals surface area (Å²) in [6.45, 7) is -4.83. The Morgan fingerprint density at radius 3 is 2.08 bits per heavy atom. The fraction of sp³-hybridized carbons (Fsp3) is 0. The molecule has 0 saturated carbocycles. The van der Waals surface area contributed by atoms with Crippen LogP contribution in [-0.4, -0.2) is 6.98 Å². The Bertz CT molecular complexity index is 263. The molecule has 1 aromatic rings. The van der Waals surface area contributed by atoms with Crippen LogP contribution in [0.15, 0.2) is 24.3 Å². The molecular formula is C6H4BF3IK. The molecule has 0 bridgehead atoms. The molecule has 0 aliphatic rings. The molecule has 0 fully saturated rings. The number of halogens is 4. The Labute approximate surface area is 125 Å². The zero-order valence-electron chi connectivity index (χ0n) is 6.40. The maximum Gasteiger partial charge on any atom is 1.00 e. The van der Waals surface area contributed by atoms with Crippen molar-refractivity contribution in [3.63, 3.8) is 0 Å². The average Bonchev–Trinajstić information content (AvgIpc) is 1.86. The normalized spacial score (nSPS) is 10.7. The molecule has 6 heteroatoms. The summed E-state index contributed by atoms with van der Waals surface area (Å²) in [6, 6.07) is 5.26. The van der Waals surface area contributed by atoms with Crippen molar-refractivity contribution in [3.8, 4) is 0 Å². The number of hydrogen-bond acceptors (Lipinski definition) is 0. The summed E-state index contributed by atoms with van der Waals surface area (Å²) >= 11 is 1.86. The summed E-state index contributed by atoms with van der Waals surface area (Å²) in [6.07, 6.45) is 0. The van der Waals surface area contributed by atoms with Crippen molar-refractivity contribution >= 4 is 35.0 Å². The van der Waals surface area contributed by atoms with E-state index in [4.69, 9.17) is 0 Å². The van der Waals surface area contributed by atoms with Crippen molar-refractivity contribution in [1.82, 2.24) is 0 Å². The van der Waals surface area contributed by atoms with E-state index >= 15 is 0 Å². The van der Waals surface area contributed by atoms with Crippen LogP contribution >= 0.6 is 22.6 Å². The van der Waals surface area contributed by atoms with Crippen molar-refractivity contribution in [3.05, 3.63) is 27.8 Å². The van der Waals surface area contributed by atoms with Gasteiger partial charge in [-0.1, -0.05) is 18.2 Å². The maximum absolute atomic E-state index is 12.0. The molecule has 0 nitrogen and oxygen atoms in total. The van der Waals surface area contributed by atoms with Crippen LogP contribution < -0.4 is 56.8 Å². The van der Waals surface area contributed by atoms with Crippen molar-refractivity contribution in [2.75, 3.05) is 0 Å². The molecule has 0 saturated heterocycles. The van der Waals surface area contributed by atoms with Crippen molar-refractivity contribution in [1.29, 1.82) is 0 Å². The Balaban J connectivity index is 0.00000121. The van der Waals surface area contributed by atoms with Crippen LogP contribution in [-0.2, 0) is 0 Å². The van der Waals surface area contributed by atoms with Gasteiger partial charge in [-0.15, -0.1) is 5.46 Å².